The van der Waals surface area contributed by atoms with Crippen molar-refractivity contribution in [1.29, 1.82) is 0 Å². The van der Waals surface area contributed by atoms with Crippen LogP contribution in [0.5, 0.6) is 5.75 Å². The third-order valence-corrected chi connectivity index (χ3v) is 5.34. The van der Waals surface area contributed by atoms with Crippen LogP contribution in [-0.4, -0.2) is 39.4 Å². The van der Waals surface area contributed by atoms with Crippen molar-refractivity contribution >= 4 is 16.8 Å². The van der Waals surface area contributed by atoms with Crippen molar-refractivity contribution < 1.29 is 8.95 Å². The average Bonchev–Trinajstić information content (AvgIpc) is 2.51. The van der Waals surface area contributed by atoms with Crippen LogP contribution < -0.4 is 15.4 Å². The van der Waals surface area contributed by atoms with Crippen molar-refractivity contribution in [3.05, 3.63) is 29.8 Å². The van der Waals surface area contributed by atoms with Gasteiger partial charge in [0.2, 0.25) is 0 Å². The van der Waals surface area contributed by atoms with Gasteiger partial charge in [-0.2, -0.15) is 0 Å². The van der Waals surface area contributed by atoms with Crippen molar-refractivity contribution in [1.82, 2.24) is 10.6 Å². The summed E-state index contributed by atoms with van der Waals surface area (Å²) in [5, 5.41) is 6.50. The summed E-state index contributed by atoms with van der Waals surface area (Å²) in [6.07, 6.45) is 0. The van der Waals surface area contributed by atoms with E-state index in [9.17, 15) is 4.21 Å². The zero-order valence-corrected chi connectivity index (χ0v) is 18.1. The van der Waals surface area contributed by atoms with Gasteiger partial charge < -0.3 is 15.4 Å². The molecule has 0 aliphatic carbocycles. The predicted molar refractivity (Wildman–Crippen MR) is 112 cm³/mol. The third-order valence-electron chi connectivity index (χ3n) is 3.40. The summed E-state index contributed by atoms with van der Waals surface area (Å²) >= 11 is 0. The highest BCUT2D eigenvalue weighted by molar-refractivity contribution is 7.86. The van der Waals surface area contributed by atoms with Crippen LogP contribution in [0.4, 0.5) is 0 Å². The van der Waals surface area contributed by atoms with Gasteiger partial charge in [0.25, 0.3) is 0 Å². The van der Waals surface area contributed by atoms with Gasteiger partial charge in [0.15, 0.2) is 5.96 Å². The van der Waals surface area contributed by atoms with Gasteiger partial charge in [0.05, 0.1) is 6.54 Å². The normalized spacial score (nSPS) is 14.0. The minimum Gasteiger partial charge on any atom is -0.488 e. The summed E-state index contributed by atoms with van der Waals surface area (Å²) < 4.78 is 18.0. The predicted octanol–water partition coefficient (Wildman–Crippen LogP) is 3.47. The van der Waals surface area contributed by atoms with Crippen LogP contribution in [0, 0.1) is 0 Å². The molecule has 0 saturated heterocycles. The molecular weight excluding hydrogens is 346 g/mol. The van der Waals surface area contributed by atoms with E-state index in [1.54, 1.807) is 0 Å². The maximum Gasteiger partial charge on any atom is 0.191 e. The van der Waals surface area contributed by atoms with Crippen LogP contribution in [-0.2, 0) is 17.3 Å². The molecule has 1 rings (SSSR count). The van der Waals surface area contributed by atoms with Crippen molar-refractivity contribution in [3.63, 3.8) is 0 Å². The molecule has 26 heavy (non-hydrogen) atoms. The van der Waals surface area contributed by atoms with Gasteiger partial charge in [-0.05, 0) is 54.5 Å². The molecule has 0 amide bonds. The highest BCUT2D eigenvalue weighted by Gasteiger charge is 2.18. The van der Waals surface area contributed by atoms with E-state index in [4.69, 9.17) is 4.74 Å². The second kappa shape index (κ2) is 9.95. The second-order valence-electron chi connectivity index (χ2n) is 8.11. The van der Waals surface area contributed by atoms with Gasteiger partial charge in [-0.3, -0.25) is 4.21 Å². The second-order valence-corrected chi connectivity index (χ2v) is 10.4. The Balaban J connectivity index is 2.74. The number of hydrogen-bond donors (Lipinski definition) is 2. The molecule has 148 valence electrons. The number of rotatable bonds is 7. The molecule has 0 aliphatic rings. The summed E-state index contributed by atoms with van der Waals surface area (Å²) in [5.41, 5.74) is 0.789. The number of ether oxygens (including phenoxy) is 1. The lowest BCUT2D eigenvalue weighted by molar-refractivity contribution is 0.129. The Morgan fingerprint density at radius 3 is 2.35 bits per heavy atom. The van der Waals surface area contributed by atoms with Gasteiger partial charge in [0, 0.05) is 40.0 Å². The molecule has 5 nitrogen and oxygen atoms in total. The smallest absolute Gasteiger partial charge is 0.191 e. The van der Waals surface area contributed by atoms with Crippen LogP contribution in [0.15, 0.2) is 29.3 Å². The molecule has 0 radical (unpaired) electrons. The highest BCUT2D eigenvalue weighted by Crippen LogP contribution is 2.23. The molecule has 1 aromatic rings. The fraction of sp³-hybridized carbons (Fsp3) is 0.650. The molecule has 1 atom stereocenters. The Labute approximate surface area is 161 Å². The summed E-state index contributed by atoms with van der Waals surface area (Å²) in [6, 6.07) is 7.97. The molecule has 1 unspecified atom stereocenters. The SMILES string of the molecule is CCNC(=NCc1ccccc1OC(C)(C)C)NCCS(=O)C(C)(C)C. The van der Waals surface area contributed by atoms with Gasteiger partial charge in [-0.25, -0.2) is 4.99 Å². The molecule has 0 fully saturated rings. The monoisotopic (exact) mass is 381 g/mol. The molecular formula is C20H35N3O2S. The molecule has 0 spiro atoms. The number of hydrogen-bond acceptors (Lipinski definition) is 3. The first kappa shape index (κ1) is 22.5. The molecule has 0 aliphatic heterocycles. The molecule has 6 heteroatoms. The largest absolute Gasteiger partial charge is 0.488 e. The van der Waals surface area contributed by atoms with E-state index in [2.05, 4.69) is 15.6 Å². The topological polar surface area (TPSA) is 62.7 Å². The van der Waals surface area contributed by atoms with Crippen LogP contribution in [0.3, 0.4) is 0 Å². The Kier molecular flexibility index (Phi) is 8.60. The summed E-state index contributed by atoms with van der Waals surface area (Å²) in [5.74, 6) is 2.18. The summed E-state index contributed by atoms with van der Waals surface area (Å²) in [7, 11) is -0.878. The van der Waals surface area contributed by atoms with Crippen LogP contribution in [0.1, 0.15) is 54.0 Å². The molecule has 2 N–H and O–H groups in total. The quantitative estimate of drug-likeness (QED) is 0.561. The molecule has 0 saturated carbocycles. The first-order valence-electron chi connectivity index (χ1n) is 9.20. The van der Waals surface area contributed by atoms with Gasteiger partial charge in [-0.1, -0.05) is 18.2 Å². The maximum absolute atomic E-state index is 12.2. The number of guanidine groups is 1. The Bertz CT molecular complexity index is 616. The molecule has 0 aromatic heterocycles. The van der Waals surface area contributed by atoms with E-state index in [1.807, 2.05) is 72.7 Å². The lowest BCUT2D eigenvalue weighted by Gasteiger charge is -2.23. The van der Waals surface area contributed by atoms with E-state index in [1.165, 1.54) is 0 Å². The Morgan fingerprint density at radius 2 is 1.77 bits per heavy atom. The van der Waals surface area contributed by atoms with E-state index >= 15 is 0 Å². The lowest BCUT2D eigenvalue weighted by Crippen LogP contribution is -2.40. The number of para-hydroxylation sites is 1. The van der Waals surface area contributed by atoms with Crippen molar-refractivity contribution in [2.24, 2.45) is 4.99 Å². The van der Waals surface area contributed by atoms with Crippen molar-refractivity contribution in [3.8, 4) is 5.75 Å². The third kappa shape index (κ3) is 8.70. The first-order valence-corrected chi connectivity index (χ1v) is 10.5. The van der Waals surface area contributed by atoms with Crippen molar-refractivity contribution in [2.75, 3.05) is 18.8 Å². The zero-order chi connectivity index (χ0) is 19.8. The van der Waals surface area contributed by atoms with Crippen LogP contribution in [0.25, 0.3) is 0 Å². The fourth-order valence-electron chi connectivity index (χ4n) is 2.14. The number of benzene rings is 1. The van der Waals surface area contributed by atoms with Crippen LogP contribution in [0.2, 0.25) is 0 Å². The molecule has 1 aromatic carbocycles. The number of nitrogens with zero attached hydrogens (tertiary/aromatic N) is 1. The Morgan fingerprint density at radius 1 is 1.12 bits per heavy atom. The Hall–Kier alpha value is -1.56. The number of aliphatic imine (C=N–C) groups is 1. The van der Waals surface area contributed by atoms with E-state index < -0.39 is 10.8 Å². The summed E-state index contributed by atoms with van der Waals surface area (Å²) in [6.45, 7) is 16.0. The van der Waals surface area contributed by atoms with E-state index in [0.717, 1.165) is 23.8 Å². The lowest BCUT2D eigenvalue weighted by atomic mass is 10.1. The maximum atomic E-state index is 12.2. The van der Waals surface area contributed by atoms with Crippen molar-refractivity contribution in [2.45, 2.75) is 65.4 Å². The highest BCUT2D eigenvalue weighted by atomic mass is 32.2. The van der Waals surface area contributed by atoms with Gasteiger partial charge in [0.1, 0.15) is 11.4 Å². The van der Waals surface area contributed by atoms with Gasteiger partial charge in [-0.15, -0.1) is 0 Å². The molecule has 0 bridgehead atoms. The van der Waals surface area contributed by atoms with E-state index in [0.29, 0.717) is 18.8 Å². The standard InChI is InChI=1S/C20H35N3O2S/c1-8-21-18(22-13-14-26(24)20(5,6)7)23-15-16-11-9-10-12-17(16)25-19(2,3)4/h9-12H,8,13-15H2,1-7H3,(H2,21,22,23). The minimum absolute atomic E-state index is 0.194. The minimum atomic E-state index is -0.878. The summed E-state index contributed by atoms with van der Waals surface area (Å²) in [4.78, 5) is 4.65. The number of nitrogens with one attached hydrogen (secondary N) is 2. The molecule has 0 heterocycles. The first-order chi connectivity index (χ1) is 12.0. The van der Waals surface area contributed by atoms with Crippen LogP contribution >= 0.6 is 0 Å². The average molecular weight is 382 g/mol. The fourth-order valence-corrected chi connectivity index (χ4v) is 3.04. The van der Waals surface area contributed by atoms with E-state index in [-0.39, 0.29) is 10.3 Å². The zero-order valence-electron chi connectivity index (χ0n) is 17.3. The van der Waals surface area contributed by atoms with Gasteiger partial charge >= 0.3 is 0 Å².